The van der Waals surface area contributed by atoms with Gasteiger partial charge in [0.15, 0.2) is 0 Å². The van der Waals surface area contributed by atoms with E-state index in [1.807, 2.05) is 42.5 Å². The van der Waals surface area contributed by atoms with Crippen LogP contribution in [0.1, 0.15) is 42.5 Å². The summed E-state index contributed by atoms with van der Waals surface area (Å²) in [6, 6.07) is 14.1. The number of carbonyl (C=O) groups excluding carboxylic acids is 1. The SMILES string of the molecule is COc1cccc(-c2cccc(C(=O)NC[C@@H]3CCN(C4CCCC4)C3)c2)n1. The number of nitrogens with one attached hydrogen (secondary N) is 1. The first-order valence-corrected chi connectivity index (χ1v) is 10.4. The number of nitrogens with zero attached hydrogens (tertiary/aromatic N) is 2. The molecule has 5 heteroatoms. The quantitative estimate of drug-likeness (QED) is 0.830. The monoisotopic (exact) mass is 379 g/mol. The summed E-state index contributed by atoms with van der Waals surface area (Å²) in [7, 11) is 1.60. The van der Waals surface area contributed by atoms with Crippen molar-refractivity contribution in [3.05, 3.63) is 48.0 Å². The molecule has 1 aromatic heterocycles. The zero-order valence-corrected chi connectivity index (χ0v) is 16.6. The molecule has 1 N–H and O–H groups in total. The topological polar surface area (TPSA) is 54.5 Å². The molecule has 28 heavy (non-hydrogen) atoms. The Balaban J connectivity index is 1.35. The highest BCUT2D eigenvalue weighted by Crippen LogP contribution is 2.28. The van der Waals surface area contributed by atoms with Gasteiger partial charge in [-0.25, -0.2) is 4.98 Å². The highest BCUT2D eigenvalue weighted by atomic mass is 16.5. The standard InChI is InChI=1S/C23H29N3O2/c1-28-22-11-5-10-21(25-22)18-6-4-7-19(14-18)23(27)24-15-17-12-13-26(16-17)20-8-2-3-9-20/h4-7,10-11,14,17,20H,2-3,8-9,12-13,15-16H2,1H3,(H,24,27)/t17-/m0/s1. The lowest BCUT2D eigenvalue weighted by Crippen LogP contribution is -2.34. The van der Waals surface area contributed by atoms with Crippen LogP contribution in [0.25, 0.3) is 11.3 Å². The highest BCUT2D eigenvalue weighted by molar-refractivity contribution is 5.95. The molecule has 1 aliphatic carbocycles. The van der Waals surface area contributed by atoms with Gasteiger partial charge in [-0.15, -0.1) is 0 Å². The molecule has 148 valence electrons. The van der Waals surface area contributed by atoms with Crippen molar-refractivity contribution >= 4 is 5.91 Å². The van der Waals surface area contributed by atoms with E-state index >= 15 is 0 Å². The molecule has 1 saturated heterocycles. The Morgan fingerprint density at radius 2 is 2.00 bits per heavy atom. The fraction of sp³-hybridized carbons (Fsp3) is 0.478. The lowest BCUT2D eigenvalue weighted by Gasteiger charge is -2.23. The van der Waals surface area contributed by atoms with Crippen LogP contribution >= 0.6 is 0 Å². The van der Waals surface area contributed by atoms with E-state index in [1.165, 1.54) is 38.6 Å². The average Bonchev–Trinajstić information content (AvgIpc) is 3.44. The van der Waals surface area contributed by atoms with Crippen LogP contribution in [0.5, 0.6) is 5.88 Å². The van der Waals surface area contributed by atoms with Gasteiger partial charge in [-0.3, -0.25) is 4.79 Å². The molecule has 2 fully saturated rings. The Labute approximate surface area is 167 Å². The van der Waals surface area contributed by atoms with E-state index in [0.717, 1.165) is 30.4 Å². The van der Waals surface area contributed by atoms with E-state index in [-0.39, 0.29) is 5.91 Å². The smallest absolute Gasteiger partial charge is 0.251 e. The van der Waals surface area contributed by atoms with Gasteiger partial charge in [0.05, 0.1) is 12.8 Å². The second-order valence-corrected chi connectivity index (χ2v) is 7.94. The van der Waals surface area contributed by atoms with Gasteiger partial charge in [0.1, 0.15) is 0 Å². The molecule has 2 aliphatic rings. The van der Waals surface area contributed by atoms with Crippen molar-refractivity contribution in [2.45, 2.75) is 38.1 Å². The number of amides is 1. The molecule has 1 amide bonds. The number of ether oxygens (including phenoxy) is 1. The van der Waals surface area contributed by atoms with Crippen LogP contribution < -0.4 is 10.1 Å². The predicted molar refractivity (Wildman–Crippen MR) is 110 cm³/mol. The fourth-order valence-corrected chi connectivity index (χ4v) is 4.48. The molecule has 1 aliphatic heterocycles. The number of likely N-dealkylation sites (tertiary alicyclic amines) is 1. The maximum atomic E-state index is 12.7. The molecule has 5 nitrogen and oxygen atoms in total. The minimum Gasteiger partial charge on any atom is -0.481 e. The van der Waals surface area contributed by atoms with Crippen LogP contribution in [0.2, 0.25) is 0 Å². The normalized spacial score (nSPS) is 20.4. The summed E-state index contributed by atoms with van der Waals surface area (Å²) >= 11 is 0. The van der Waals surface area contributed by atoms with Gasteiger partial charge in [-0.05, 0) is 49.9 Å². The summed E-state index contributed by atoms with van der Waals surface area (Å²) in [6.45, 7) is 3.06. The maximum Gasteiger partial charge on any atom is 0.251 e. The molecule has 0 bridgehead atoms. The van der Waals surface area contributed by atoms with Crippen molar-refractivity contribution in [2.75, 3.05) is 26.7 Å². The Morgan fingerprint density at radius 3 is 2.82 bits per heavy atom. The van der Waals surface area contributed by atoms with Gasteiger partial charge in [-0.1, -0.05) is 31.0 Å². The van der Waals surface area contributed by atoms with Crippen molar-refractivity contribution in [1.29, 1.82) is 0 Å². The number of carbonyl (C=O) groups is 1. The highest BCUT2D eigenvalue weighted by Gasteiger charge is 2.29. The zero-order valence-electron chi connectivity index (χ0n) is 16.6. The van der Waals surface area contributed by atoms with Crippen molar-refractivity contribution in [2.24, 2.45) is 5.92 Å². The molecule has 1 saturated carbocycles. The van der Waals surface area contributed by atoms with Gasteiger partial charge in [0.2, 0.25) is 5.88 Å². The Kier molecular flexibility index (Phi) is 5.91. The molecular weight excluding hydrogens is 350 g/mol. The predicted octanol–water partition coefficient (Wildman–Crippen LogP) is 3.75. The van der Waals surface area contributed by atoms with Gasteiger partial charge >= 0.3 is 0 Å². The van der Waals surface area contributed by atoms with Crippen molar-refractivity contribution in [1.82, 2.24) is 15.2 Å². The molecule has 2 aromatic rings. The van der Waals surface area contributed by atoms with Crippen molar-refractivity contribution in [3.63, 3.8) is 0 Å². The van der Waals surface area contributed by atoms with Crippen molar-refractivity contribution < 1.29 is 9.53 Å². The Hall–Kier alpha value is -2.40. The van der Waals surface area contributed by atoms with Crippen LogP contribution in [0, 0.1) is 5.92 Å². The van der Waals surface area contributed by atoms with E-state index in [1.54, 1.807) is 7.11 Å². The number of hydrogen-bond donors (Lipinski definition) is 1. The summed E-state index contributed by atoms with van der Waals surface area (Å²) in [5, 5.41) is 3.14. The largest absolute Gasteiger partial charge is 0.481 e. The van der Waals surface area contributed by atoms with E-state index in [0.29, 0.717) is 17.4 Å². The van der Waals surface area contributed by atoms with Gasteiger partial charge in [-0.2, -0.15) is 0 Å². The van der Waals surface area contributed by atoms with Crippen LogP contribution in [-0.2, 0) is 0 Å². The number of rotatable bonds is 6. The lowest BCUT2D eigenvalue weighted by molar-refractivity contribution is 0.0947. The third-order valence-electron chi connectivity index (χ3n) is 6.06. The Morgan fingerprint density at radius 1 is 1.18 bits per heavy atom. The van der Waals surface area contributed by atoms with E-state index in [2.05, 4.69) is 15.2 Å². The Bertz CT molecular complexity index is 817. The molecule has 0 spiro atoms. The number of benzene rings is 1. The number of methoxy groups -OCH3 is 1. The average molecular weight is 380 g/mol. The van der Waals surface area contributed by atoms with E-state index in [9.17, 15) is 4.79 Å². The minimum absolute atomic E-state index is 0.0101. The third-order valence-corrected chi connectivity index (χ3v) is 6.06. The summed E-state index contributed by atoms with van der Waals surface area (Å²) in [5.74, 6) is 1.12. The van der Waals surface area contributed by atoms with Gasteiger partial charge < -0.3 is 15.0 Å². The fourth-order valence-electron chi connectivity index (χ4n) is 4.48. The molecule has 1 aromatic carbocycles. The number of aromatic nitrogens is 1. The minimum atomic E-state index is -0.0101. The first-order valence-electron chi connectivity index (χ1n) is 10.4. The zero-order chi connectivity index (χ0) is 19.3. The first kappa shape index (κ1) is 18.9. The van der Waals surface area contributed by atoms with E-state index in [4.69, 9.17) is 4.74 Å². The van der Waals surface area contributed by atoms with Gasteiger partial charge in [0.25, 0.3) is 5.91 Å². The lowest BCUT2D eigenvalue weighted by atomic mass is 10.1. The molecule has 4 rings (SSSR count). The molecular formula is C23H29N3O2. The maximum absolute atomic E-state index is 12.7. The number of pyridine rings is 1. The molecule has 0 radical (unpaired) electrons. The van der Waals surface area contributed by atoms with Gasteiger partial charge in [0, 0.05) is 36.3 Å². The van der Waals surface area contributed by atoms with Crippen molar-refractivity contribution in [3.8, 4) is 17.1 Å². The summed E-state index contributed by atoms with van der Waals surface area (Å²) in [6.07, 6.45) is 6.64. The van der Waals surface area contributed by atoms with Crippen LogP contribution in [-0.4, -0.2) is 48.6 Å². The summed E-state index contributed by atoms with van der Waals surface area (Å²) in [5.41, 5.74) is 2.39. The molecule has 0 unspecified atom stereocenters. The van der Waals surface area contributed by atoms with Crippen LogP contribution in [0.3, 0.4) is 0 Å². The second-order valence-electron chi connectivity index (χ2n) is 7.94. The summed E-state index contributed by atoms with van der Waals surface area (Å²) < 4.78 is 5.20. The molecule has 1 atom stereocenters. The number of hydrogen-bond acceptors (Lipinski definition) is 4. The molecule has 2 heterocycles. The second kappa shape index (κ2) is 8.74. The summed E-state index contributed by atoms with van der Waals surface area (Å²) in [4.78, 5) is 19.8. The van der Waals surface area contributed by atoms with Crippen LogP contribution in [0.15, 0.2) is 42.5 Å². The van der Waals surface area contributed by atoms with Crippen LogP contribution in [0.4, 0.5) is 0 Å². The third kappa shape index (κ3) is 4.36. The van der Waals surface area contributed by atoms with E-state index < -0.39 is 0 Å². The first-order chi connectivity index (χ1) is 13.7.